The van der Waals surface area contributed by atoms with Crippen LogP contribution in [0.5, 0.6) is 0 Å². The second kappa shape index (κ2) is 4.61. The number of hydrogen-bond donors (Lipinski definition) is 0. The average Bonchev–Trinajstić information content (AvgIpc) is 2.30. The fourth-order valence-corrected chi connectivity index (χ4v) is 0.984. The molecule has 0 atom stereocenters. The Morgan fingerprint density at radius 1 is 1.47 bits per heavy atom. The summed E-state index contributed by atoms with van der Waals surface area (Å²) in [6, 6.07) is 0. The van der Waals surface area contributed by atoms with Gasteiger partial charge in [-0.05, 0) is 27.2 Å². The number of amides is 1. The Labute approximate surface area is 89.3 Å². The van der Waals surface area contributed by atoms with Gasteiger partial charge in [-0.15, -0.1) is 5.06 Å². The normalized spacial score (nSPS) is 18.6. The lowest BCUT2D eigenvalue weighted by Gasteiger charge is -2.23. The van der Waals surface area contributed by atoms with Crippen LogP contribution in [0.25, 0.3) is 0 Å². The highest BCUT2D eigenvalue weighted by Gasteiger charge is 2.28. The highest BCUT2D eigenvalue weighted by atomic mass is 16.7. The number of rotatable bonds is 1. The van der Waals surface area contributed by atoms with E-state index in [4.69, 9.17) is 9.57 Å². The van der Waals surface area contributed by atoms with Gasteiger partial charge in [-0.1, -0.05) is 0 Å². The third-order valence-corrected chi connectivity index (χ3v) is 1.97. The molecule has 0 aliphatic carbocycles. The van der Waals surface area contributed by atoms with Gasteiger partial charge in [0.15, 0.2) is 6.73 Å². The minimum Gasteiger partial charge on any atom is -0.358 e. The van der Waals surface area contributed by atoms with E-state index in [0.717, 1.165) is 5.06 Å². The number of nitrogens with zero attached hydrogens (tertiary/aromatic N) is 1. The summed E-state index contributed by atoms with van der Waals surface area (Å²) in [6.45, 7) is 5.76. The highest BCUT2D eigenvalue weighted by molar-refractivity contribution is 5.80. The van der Waals surface area contributed by atoms with Gasteiger partial charge in [0.2, 0.25) is 0 Å². The first-order valence-electron chi connectivity index (χ1n) is 5.02. The third kappa shape index (κ3) is 3.51. The lowest BCUT2D eigenvalue weighted by Crippen LogP contribution is -2.37. The first kappa shape index (κ1) is 12.0. The molecule has 0 aromatic rings. The van der Waals surface area contributed by atoms with E-state index in [2.05, 4.69) is 0 Å². The summed E-state index contributed by atoms with van der Waals surface area (Å²) in [5.41, 5.74) is -0.618. The van der Waals surface area contributed by atoms with Crippen LogP contribution in [0.1, 0.15) is 33.6 Å². The number of hydrogen-bond acceptors (Lipinski definition) is 4. The summed E-state index contributed by atoms with van der Waals surface area (Å²) in [4.78, 5) is 27.9. The van der Waals surface area contributed by atoms with Crippen LogP contribution in [0.4, 0.5) is 0 Å². The van der Waals surface area contributed by atoms with Crippen LogP contribution in [-0.4, -0.2) is 30.3 Å². The van der Waals surface area contributed by atoms with E-state index in [1.807, 2.05) is 0 Å². The summed E-state index contributed by atoms with van der Waals surface area (Å²) in [7, 11) is 0. The van der Waals surface area contributed by atoms with Crippen molar-refractivity contribution >= 4 is 11.9 Å². The van der Waals surface area contributed by atoms with Gasteiger partial charge in [-0.3, -0.25) is 4.79 Å². The van der Waals surface area contributed by atoms with Crippen LogP contribution >= 0.6 is 0 Å². The molecule has 5 heteroatoms. The lowest BCUT2D eigenvalue weighted by atomic mass is 9.98. The van der Waals surface area contributed by atoms with E-state index < -0.39 is 11.4 Å². The monoisotopic (exact) mass is 215 g/mol. The molecule has 1 aliphatic rings. The lowest BCUT2D eigenvalue weighted by molar-refractivity contribution is -0.219. The van der Waals surface area contributed by atoms with Crippen LogP contribution in [-0.2, 0) is 19.2 Å². The molecule has 1 aliphatic heterocycles. The largest absolute Gasteiger partial charge is 0.358 e. The zero-order chi connectivity index (χ0) is 11.5. The van der Waals surface area contributed by atoms with E-state index in [1.165, 1.54) is 0 Å². The minimum atomic E-state index is -0.618. The maximum atomic E-state index is 11.5. The minimum absolute atomic E-state index is 0.0284. The molecule has 0 saturated carbocycles. The van der Waals surface area contributed by atoms with Crippen LogP contribution in [0.3, 0.4) is 0 Å². The molecule has 0 radical (unpaired) electrons. The topological polar surface area (TPSA) is 55.8 Å². The van der Waals surface area contributed by atoms with Crippen LogP contribution in [0, 0.1) is 5.41 Å². The van der Waals surface area contributed by atoms with Crippen molar-refractivity contribution in [2.45, 2.75) is 33.6 Å². The van der Waals surface area contributed by atoms with Crippen molar-refractivity contribution in [1.29, 1.82) is 0 Å². The number of ether oxygens (including phenoxy) is 1. The standard InChI is InChI=1S/C10H17NO4/c1-10(2,3)9(13)15-11-7-14-6-4-5-8(11)12/h4-7H2,1-3H3. The molecule has 15 heavy (non-hydrogen) atoms. The molecular formula is C10H17NO4. The number of hydroxylamine groups is 2. The SMILES string of the molecule is CC(C)(C)C(=O)ON1COCCCC1=O. The Hall–Kier alpha value is -1.10. The van der Waals surface area contributed by atoms with Crippen LogP contribution in [0.2, 0.25) is 0 Å². The van der Waals surface area contributed by atoms with Crippen molar-refractivity contribution in [2.24, 2.45) is 5.41 Å². The van der Waals surface area contributed by atoms with Gasteiger partial charge in [-0.25, -0.2) is 4.79 Å². The average molecular weight is 215 g/mol. The molecule has 0 aromatic carbocycles. The summed E-state index contributed by atoms with van der Waals surface area (Å²) in [5.74, 6) is -0.633. The van der Waals surface area contributed by atoms with Gasteiger partial charge in [-0.2, -0.15) is 0 Å². The maximum Gasteiger partial charge on any atom is 0.337 e. The smallest absolute Gasteiger partial charge is 0.337 e. The van der Waals surface area contributed by atoms with Crippen molar-refractivity contribution in [3.63, 3.8) is 0 Å². The summed E-state index contributed by atoms with van der Waals surface area (Å²) < 4.78 is 5.12. The fraction of sp³-hybridized carbons (Fsp3) is 0.800. The Bertz CT molecular complexity index is 257. The molecule has 1 amide bonds. The molecule has 1 saturated heterocycles. The molecule has 1 rings (SSSR count). The molecule has 0 spiro atoms. The quantitative estimate of drug-likeness (QED) is 0.657. The molecule has 0 N–H and O–H groups in total. The zero-order valence-corrected chi connectivity index (χ0v) is 9.41. The second-order valence-corrected chi connectivity index (χ2v) is 4.54. The van der Waals surface area contributed by atoms with Gasteiger partial charge in [0.1, 0.15) is 0 Å². The Morgan fingerprint density at radius 2 is 2.13 bits per heavy atom. The van der Waals surface area contributed by atoms with Crippen molar-refractivity contribution in [2.75, 3.05) is 13.3 Å². The van der Waals surface area contributed by atoms with Crippen molar-refractivity contribution < 1.29 is 19.2 Å². The Balaban J connectivity index is 2.56. The molecule has 86 valence electrons. The van der Waals surface area contributed by atoms with Gasteiger partial charge in [0.05, 0.1) is 5.41 Å². The molecular weight excluding hydrogens is 198 g/mol. The molecule has 0 bridgehead atoms. The first-order valence-corrected chi connectivity index (χ1v) is 5.02. The van der Waals surface area contributed by atoms with E-state index in [1.54, 1.807) is 20.8 Å². The van der Waals surface area contributed by atoms with E-state index in [-0.39, 0.29) is 12.6 Å². The summed E-state index contributed by atoms with van der Waals surface area (Å²) >= 11 is 0. The van der Waals surface area contributed by atoms with Crippen LogP contribution in [0.15, 0.2) is 0 Å². The van der Waals surface area contributed by atoms with E-state index in [0.29, 0.717) is 19.4 Å². The molecule has 0 unspecified atom stereocenters. The Morgan fingerprint density at radius 3 is 2.73 bits per heavy atom. The third-order valence-electron chi connectivity index (χ3n) is 1.97. The molecule has 1 heterocycles. The number of carbonyl (C=O) groups is 2. The zero-order valence-electron chi connectivity index (χ0n) is 9.41. The Kier molecular flexibility index (Phi) is 3.68. The van der Waals surface area contributed by atoms with Gasteiger partial charge in [0, 0.05) is 13.0 Å². The van der Waals surface area contributed by atoms with Crippen molar-refractivity contribution in [1.82, 2.24) is 5.06 Å². The van der Waals surface area contributed by atoms with Gasteiger partial charge < -0.3 is 9.57 Å². The highest BCUT2D eigenvalue weighted by Crippen LogP contribution is 2.17. The summed E-state index contributed by atoms with van der Waals surface area (Å²) in [5, 5.41) is 1.00. The fourth-order valence-electron chi connectivity index (χ4n) is 0.984. The number of carbonyl (C=O) groups excluding carboxylic acids is 2. The van der Waals surface area contributed by atoms with E-state index >= 15 is 0 Å². The first-order chi connectivity index (χ1) is 6.91. The molecule has 5 nitrogen and oxygen atoms in total. The van der Waals surface area contributed by atoms with E-state index in [9.17, 15) is 9.59 Å². The van der Waals surface area contributed by atoms with Gasteiger partial charge in [0.25, 0.3) is 5.91 Å². The second-order valence-electron chi connectivity index (χ2n) is 4.54. The maximum absolute atomic E-state index is 11.5. The summed E-state index contributed by atoms with van der Waals surface area (Å²) in [6.07, 6.45) is 1.03. The predicted molar refractivity (Wildman–Crippen MR) is 52.4 cm³/mol. The van der Waals surface area contributed by atoms with Crippen LogP contribution < -0.4 is 0 Å². The van der Waals surface area contributed by atoms with Crippen molar-refractivity contribution in [3.8, 4) is 0 Å². The predicted octanol–water partition coefficient (Wildman–Crippen LogP) is 1.09. The van der Waals surface area contributed by atoms with Crippen molar-refractivity contribution in [3.05, 3.63) is 0 Å². The van der Waals surface area contributed by atoms with Gasteiger partial charge >= 0.3 is 5.97 Å². The molecule has 0 aromatic heterocycles. The molecule has 1 fully saturated rings.